The molecule has 6 nitrogen and oxygen atoms in total. The standard InChI is InChI=1S/C29H20ClFN2O4S/c30-23-15-21(12-13-24(23)31)32-27(34)16-33-28(35)26(38-29(33)36)14-19-7-2-4-11-25(19)37-17-20-9-5-8-18-6-1-3-10-22(18)20/h1-15H,16-17H2,(H,32,34)/b26-14-. The molecule has 9 heteroatoms. The van der Waals surface area contributed by atoms with Crippen molar-refractivity contribution in [2.75, 3.05) is 11.9 Å². The molecule has 1 heterocycles. The fourth-order valence-electron chi connectivity index (χ4n) is 4.00. The number of carbonyl (C=O) groups is 3. The van der Waals surface area contributed by atoms with Crippen molar-refractivity contribution in [3.63, 3.8) is 0 Å². The van der Waals surface area contributed by atoms with Gasteiger partial charge in [0.05, 0.1) is 9.93 Å². The highest BCUT2D eigenvalue weighted by atomic mass is 35.5. The van der Waals surface area contributed by atoms with Gasteiger partial charge in [-0.1, -0.05) is 72.3 Å². The number of nitrogens with one attached hydrogen (secondary N) is 1. The maximum atomic E-state index is 13.4. The van der Waals surface area contributed by atoms with Gasteiger partial charge in [0, 0.05) is 11.3 Å². The summed E-state index contributed by atoms with van der Waals surface area (Å²) in [7, 11) is 0. The molecule has 5 rings (SSSR count). The molecule has 0 spiro atoms. The SMILES string of the molecule is O=C(CN1C(=O)S/C(=C\c2ccccc2OCc2cccc3ccccc23)C1=O)Nc1ccc(F)c(Cl)c1. The van der Waals surface area contributed by atoms with Crippen molar-refractivity contribution < 1.29 is 23.5 Å². The maximum absolute atomic E-state index is 13.4. The number of anilines is 1. The zero-order chi connectivity index (χ0) is 26.6. The van der Waals surface area contributed by atoms with Crippen molar-refractivity contribution in [1.82, 2.24) is 4.90 Å². The number of thioether (sulfide) groups is 1. The van der Waals surface area contributed by atoms with Gasteiger partial charge in [-0.2, -0.15) is 0 Å². The zero-order valence-corrected chi connectivity index (χ0v) is 21.4. The summed E-state index contributed by atoms with van der Waals surface area (Å²) in [6, 6.07) is 25.0. The molecule has 1 saturated heterocycles. The lowest BCUT2D eigenvalue weighted by atomic mass is 10.1. The van der Waals surface area contributed by atoms with E-state index in [1.807, 2.05) is 54.6 Å². The number of hydrogen-bond donors (Lipinski definition) is 1. The summed E-state index contributed by atoms with van der Waals surface area (Å²) >= 11 is 6.49. The summed E-state index contributed by atoms with van der Waals surface area (Å²) < 4.78 is 19.5. The second-order valence-corrected chi connectivity index (χ2v) is 9.81. The minimum absolute atomic E-state index is 0.154. The van der Waals surface area contributed by atoms with Crippen LogP contribution in [0, 0.1) is 5.82 Å². The first-order valence-electron chi connectivity index (χ1n) is 11.6. The monoisotopic (exact) mass is 546 g/mol. The van der Waals surface area contributed by atoms with E-state index in [0.29, 0.717) is 17.9 Å². The van der Waals surface area contributed by atoms with Crippen molar-refractivity contribution in [3.8, 4) is 5.75 Å². The van der Waals surface area contributed by atoms with Crippen LogP contribution in [0.15, 0.2) is 89.8 Å². The Hall–Kier alpha value is -4.14. The number of carbonyl (C=O) groups excluding carboxylic acids is 3. The summed E-state index contributed by atoms with van der Waals surface area (Å²) in [4.78, 5) is 39.0. The predicted octanol–water partition coefficient (Wildman–Crippen LogP) is 6.89. The lowest BCUT2D eigenvalue weighted by Gasteiger charge is -2.13. The first-order chi connectivity index (χ1) is 18.4. The molecular formula is C29H20ClFN2O4S. The van der Waals surface area contributed by atoms with Gasteiger partial charge in [0.2, 0.25) is 5.91 Å². The Morgan fingerprint density at radius 1 is 1.00 bits per heavy atom. The molecule has 1 aliphatic rings. The highest BCUT2D eigenvalue weighted by Gasteiger charge is 2.36. The van der Waals surface area contributed by atoms with Crippen LogP contribution in [0.3, 0.4) is 0 Å². The molecule has 190 valence electrons. The van der Waals surface area contributed by atoms with Gasteiger partial charge < -0.3 is 10.1 Å². The van der Waals surface area contributed by atoms with Crippen LogP contribution >= 0.6 is 23.4 Å². The Bertz CT molecular complexity index is 1600. The molecule has 1 N–H and O–H groups in total. The summed E-state index contributed by atoms with van der Waals surface area (Å²) in [5.41, 5.74) is 1.90. The lowest BCUT2D eigenvalue weighted by molar-refractivity contribution is -0.127. The van der Waals surface area contributed by atoms with E-state index in [0.717, 1.165) is 39.1 Å². The van der Waals surface area contributed by atoms with Crippen LogP contribution in [0.25, 0.3) is 16.8 Å². The molecule has 4 aromatic carbocycles. The molecule has 0 radical (unpaired) electrons. The first kappa shape index (κ1) is 25.5. The fraction of sp³-hybridized carbons (Fsp3) is 0.0690. The number of rotatable bonds is 7. The van der Waals surface area contributed by atoms with Gasteiger partial charge in [-0.05, 0) is 58.4 Å². The molecular weight excluding hydrogens is 527 g/mol. The van der Waals surface area contributed by atoms with E-state index in [-0.39, 0.29) is 15.6 Å². The van der Waals surface area contributed by atoms with Gasteiger partial charge in [-0.15, -0.1) is 0 Å². The van der Waals surface area contributed by atoms with E-state index < -0.39 is 29.4 Å². The third-order valence-electron chi connectivity index (χ3n) is 5.85. The maximum Gasteiger partial charge on any atom is 0.294 e. The van der Waals surface area contributed by atoms with Crippen LogP contribution in [-0.4, -0.2) is 28.5 Å². The smallest absolute Gasteiger partial charge is 0.294 e. The second kappa shape index (κ2) is 11.1. The highest BCUT2D eigenvalue weighted by Crippen LogP contribution is 2.34. The van der Waals surface area contributed by atoms with Gasteiger partial charge in [-0.3, -0.25) is 19.3 Å². The Balaban J connectivity index is 1.29. The Morgan fingerprint density at radius 2 is 1.76 bits per heavy atom. The Labute approximate surface area is 227 Å². The molecule has 4 aromatic rings. The number of nitrogens with zero attached hydrogens (tertiary/aromatic N) is 1. The highest BCUT2D eigenvalue weighted by molar-refractivity contribution is 8.18. The summed E-state index contributed by atoms with van der Waals surface area (Å²) in [6.45, 7) is -0.169. The van der Waals surface area contributed by atoms with Crippen molar-refractivity contribution in [1.29, 1.82) is 0 Å². The largest absolute Gasteiger partial charge is 0.488 e. The van der Waals surface area contributed by atoms with Crippen molar-refractivity contribution in [2.45, 2.75) is 6.61 Å². The lowest BCUT2D eigenvalue weighted by Crippen LogP contribution is -2.36. The number of imide groups is 1. The summed E-state index contributed by atoms with van der Waals surface area (Å²) in [6.07, 6.45) is 1.58. The fourth-order valence-corrected chi connectivity index (χ4v) is 5.01. The summed E-state index contributed by atoms with van der Waals surface area (Å²) in [5.74, 6) is -1.27. The molecule has 0 aromatic heterocycles. The topological polar surface area (TPSA) is 75.7 Å². The molecule has 0 atom stereocenters. The van der Waals surface area contributed by atoms with Gasteiger partial charge in [0.25, 0.3) is 11.1 Å². The van der Waals surface area contributed by atoms with Gasteiger partial charge in [0.1, 0.15) is 24.7 Å². The van der Waals surface area contributed by atoms with Crippen LogP contribution in [0.1, 0.15) is 11.1 Å². The molecule has 1 fully saturated rings. The molecule has 0 bridgehead atoms. The minimum atomic E-state index is -0.623. The van der Waals surface area contributed by atoms with Gasteiger partial charge in [-0.25, -0.2) is 4.39 Å². The van der Waals surface area contributed by atoms with Crippen molar-refractivity contribution in [2.24, 2.45) is 0 Å². The van der Waals surface area contributed by atoms with Crippen molar-refractivity contribution >= 4 is 63.0 Å². The van der Waals surface area contributed by atoms with E-state index in [4.69, 9.17) is 16.3 Å². The average molecular weight is 547 g/mol. The van der Waals surface area contributed by atoms with E-state index in [2.05, 4.69) is 5.32 Å². The van der Waals surface area contributed by atoms with Crippen LogP contribution in [0.4, 0.5) is 14.9 Å². The van der Waals surface area contributed by atoms with Crippen LogP contribution in [0.5, 0.6) is 5.75 Å². The molecule has 3 amide bonds. The first-order valence-corrected chi connectivity index (χ1v) is 12.8. The number of amides is 3. The van der Waals surface area contributed by atoms with E-state index in [1.165, 1.54) is 12.1 Å². The minimum Gasteiger partial charge on any atom is -0.488 e. The van der Waals surface area contributed by atoms with E-state index in [9.17, 15) is 18.8 Å². The summed E-state index contributed by atoms with van der Waals surface area (Å²) in [5, 5.41) is 4.00. The average Bonchev–Trinajstić information content (AvgIpc) is 3.17. The molecule has 1 aliphatic heterocycles. The number of halogens is 2. The number of ether oxygens (including phenoxy) is 1. The zero-order valence-electron chi connectivity index (χ0n) is 19.8. The number of fused-ring (bicyclic) bond motifs is 1. The molecule has 38 heavy (non-hydrogen) atoms. The van der Waals surface area contributed by atoms with Gasteiger partial charge >= 0.3 is 0 Å². The Morgan fingerprint density at radius 3 is 2.61 bits per heavy atom. The number of hydrogen-bond acceptors (Lipinski definition) is 5. The van der Waals surface area contributed by atoms with Crippen LogP contribution in [0.2, 0.25) is 5.02 Å². The second-order valence-electron chi connectivity index (χ2n) is 8.41. The van der Waals surface area contributed by atoms with Crippen LogP contribution < -0.4 is 10.1 Å². The number of benzene rings is 4. The molecule has 0 aliphatic carbocycles. The molecule has 0 unspecified atom stereocenters. The van der Waals surface area contributed by atoms with E-state index in [1.54, 1.807) is 18.2 Å². The third kappa shape index (κ3) is 5.56. The van der Waals surface area contributed by atoms with E-state index >= 15 is 0 Å². The van der Waals surface area contributed by atoms with Gasteiger partial charge in [0.15, 0.2) is 0 Å². The third-order valence-corrected chi connectivity index (χ3v) is 7.04. The predicted molar refractivity (Wildman–Crippen MR) is 147 cm³/mol. The Kier molecular flexibility index (Phi) is 7.44. The van der Waals surface area contributed by atoms with Crippen molar-refractivity contribution in [3.05, 3.63) is 112 Å². The van der Waals surface area contributed by atoms with Crippen LogP contribution in [-0.2, 0) is 16.2 Å². The number of para-hydroxylation sites is 1. The molecule has 0 saturated carbocycles. The normalized spacial score (nSPS) is 14.4. The quantitative estimate of drug-likeness (QED) is 0.256.